The largest absolute Gasteiger partial charge is 0.396 e. The van der Waals surface area contributed by atoms with E-state index in [2.05, 4.69) is 36.1 Å². The molecule has 5 nitrogen and oxygen atoms in total. The number of aliphatic hydroxyl groups excluding tert-OH is 1. The third kappa shape index (κ3) is 3.64. The molecule has 1 aromatic rings. The first kappa shape index (κ1) is 16.0. The van der Waals surface area contributed by atoms with Crippen LogP contribution >= 0.6 is 0 Å². The molecule has 1 aromatic heterocycles. The Bertz CT molecular complexity index is 496. The van der Waals surface area contributed by atoms with Gasteiger partial charge in [0.1, 0.15) is 17.5 Å². The first-order chi connectivity index (χ1) is 9.82. The summed E-state index contributed by atoms with van der Waals surface area (Å²) in [6.07, 6.45) is 4.53. The molecule has 0 amide bonds. The molecule has 1 heterocycles. The molecule has 0 spiro atoms. The highest BCUT2D eigenvalue weighted by Crippen LogP contribution is 2.30. The predicted molar refractivity (Wildman–Crippen MR) is 86.3 cm³/mol. The van der Waals surface area contributed by atoms with Crippen molar-refractivity contribution in [2.24, 2.45) is 5.92 Å². The zero-order valence-corrected chi connectivity index (χ0v) is 13.6. The van der Waals surface area contributed by atoms with Gasteiger partial charge in [0.25, 0.3) is 0 Å². The molecule has 1 aliphatic rings. The number of nitrogen functional groups attached to an aromatic ring is 1. The number of aromatic nitrogens is 2. The third-order valence-corrected chi connectivity index (χ3v) is 4.32. The van der Waals surface area contributed by atoms with Gasteiger partial charge in [0.15, 0.2) is 0 Å². The topological polar surface area (TPSA) is 84.1 Å². The van der Waals surface area contributed by atoms with Gasteiger partial charge in [0.05, 0.1) is 0 Å². The van der Waals surface area contributed by atoms with Gasteiger partial charge in [-0.3, -0.25) is 0 Å². The van der Waals surface area contributed by atoms with Crippen LogP contribution in [0.4, 0.5) is 11.6 Å². The minimum absolute atomic E-state index is 0.138. The molecular weight excluding hydrogens is 264 g/mol. The number of hydrogen-bond acceptors (Lipinski definition) is 5. The van der Waals surface area contributed by atoms with Crippen LogP contribution in [0, 0.1) is 12.8 Å². The summed E-state index contributed by atoms with van der Waals surface area (Å²) < 4.78 is 0. The maximum atomic E-state index is 9.55. The lowest BCUT2D eigenvalue weighted by Crippen LogP contribution is -2.35. The van der Waals surface area contributed by atoms with E-state index in [4.69, 9.17) is 5.73 Å². The molecule has 0 aromatic carbocycles. The average molecular weight is 292 g/mol. The van der Waals surface area contributed by atoms with Crippen LogP contribution < -0.4 is 11.1 Å². The summed E-state index contributed by atoms with van der Waals surface area (Å²) in [7, 11) is 0. The van der Waals surface area contributed by atoms with Gasteiger partial charge < -0.3 is 16.2 Å². The van der Waals surface area contributed by atoms with Crippen LogP contribution in [0.25, 0.3) is 0 Å². The van der Waals surface area contributed by atoms with Crippen molar-refractivity contribution < 1.29 is 5.11 Å². The number of rotatable bonds is 3. The van der Waals surface area contributed by atoms with Gasteiger partial charge in [-0.15, -0.1) is 0 Å². The summed E-state index contributed by atoms with van der Waals surface area (Å²) >= 11 is 0. The number of aliphatic hydroxyl groups is 1. The average Bonchev–Trinajstić information content (AvgIpc) is 2.43. The normalized spacial score (nSPS) is 23.1. The van der Waals surface area contributed by atoms with E-state index in [1.54, 1.807) is 0 Å². The summed E-state index contributed by atoms with van der Waals surface area (Å²) in [5.74, 6) is 2.41. The Morgan fingerprint density at radius 2 is 1.90 bits per heavy atom. The van der Waals surface area contributed by atoms with E-state index >= 15 is 0 Å². The molecule has 0 radical (unpaired) electrons. The summed E-state index contributed by atoms with van der Waals surface area (Å²) in [5.41, 5.74) is 6.81. The minimum atomic E-state index is -0.138. The summed E-state index contributed by atoms with van der Waals surface area (Å²) in [6, 6.07) is 0.268. The van der Waals surface area contributed by atoms with Crippen molar-refractivity contribution in [3.63, 3.8) is 0 Å². The maximum Gasteiger partial charge on any atom is 0.138 e. The van der Waals surface area contributed by atoms with Gasteiger partial charge in [-0.05, 0) is 19.8 Å². The van der Waals surface area contributed by atoms with Gasteiger partial charge in [0.2, 0.25) is 0 Å². The second-order valence-electron chi connectivity index (χ2n) is 7.13. The molecule has 2 unspecified atom stereocenters. The monoisotopic (exact) mass is 292 g/mol. The van der Waals surface area contributed by atoms with E-state index in [1.165, 1.54) is 12.8 Å². The third-order valence-electron chi connectivity index (χ3n) is 4.32. The highest BCUT2D eigenvalue weighted by atomic mass is 16.3. The fraction of sp³-hybridized carbons (Fsp3) is 0.750. The zero-order chi connectivity index (χ0) is 15.6. The molecule has 1 aliphatic carbocycles. The lowest BCUT2D eigenvalue weighted by Gasteiger charge is -2.32. The molecule has 4 N–H and O–H groups in total. The van der Waals surface area contributed by atoms with Gasteiger partial charge in [0, 0.05) is 29.5 Å². The Kier molecular flexibility index (Phi) is 4.71. The van der Waals surface area contributed by atoms with Gasteiger partial charge >= 0.3 is 0 Å². The fourth-order valence-corrected chi connectivity index (χ4v) is 2.80. The number of hydrogen-bond donors (Lipinski definition) is 3. The van der Waals surface area contributed by atoms with E-state index < -0.39 is 0 Å². The van der Waals surface area contributed by atoms with Crippen molar-refractivity contribution in [2.45, 2.75) is 64.8 Å². The van der Waals surface area contributed by atoms with Crippen molar-refractivity contribution >= 4 is 11.6 Å². The lowest BCUT2D eigenvalue weighted by atomic mass is 9.85. The van der Waals surface area contributed by atoms with E-state index in [1.807, 2.05) is 6.92 Å². The first-order valence-electron chi connectivity index (χ1n) is 7.85. The van der Waals surface area contributed by atoms with E-state index in [0.29, 0.717) is 11.7 Å². The van der Waals surface area contributed by atoms with Crippen LogP contribution in [0.3, 0.4) is 0 Å². The first-order valence-corrected chi connectivity index (χ1v) is 7.85. The maximum absolute atomic E-state index is 9.55. The Morgan fingerprint density at radius 3 is 2.52 bits per heavy atom. The highest BCUT2D eigenvalue weighted by molar-refractivity contribution is 5.55. The van der Waals surface area contributed by atoms with E-state index in [0.717, 1.165) is 30.0 Å². The molecule has 118 valence electrons. The SMILES string of the molecule is Cc1c(N)nc(C(C)(C)C)nc1NC1CCCCC1CO. The smallest absolute Gasteiger partial charge is 0.138 e. The van der Waals surface area contributed by atoms with Crippen LogP contribution in [0.15, 0.2) is 0 Å². The van der Waals surface area contributed by atoms with Crippen molar-refractivity contribution in [1.82, 2.24) is 9.97 Å². The minimum Gasteiger partial charge on any atom is -0.396 e. The van der Waals surface area contributed by atoms with Crippen LogP contribution in [0.1, 0.15) is 57.8 Å². The molecule has 2 rings (SSSR count). The summed E-state index contributed by atoms with van der Waals surface area (Å²) in [6.45, 7) is 8.42. The number of nitrogens with zero attached hydrogens (tertiary/aromatic N) is 2. The molecule has 0 saturated heterocycles. The van der Waals surface area contributed by atoms with E-state index in [-0.39, 0.29) is 18.1 Å². The van der Waals surface area contributed by atoms with Gasteiger partial charge in [-0.2, -0.15) is 0 Å². The number of nitrogens with one attached hydrogen (secondary N) is 1. The Balaban J connectivity index is 2.28. The number of anilines is 2. The van der Waals surface area contributed by atoms with Crippen LogP contribution in [0.5, 0.6) is 0 Å². The van der Waals surface area contributed by atoms with Crippen molar-refractivity contribution in [3.05, 3.63) is 11.4 Å². The quantitative estimate of drug-likeness (QED) is 0.797. The van der Waals surface area contributed by atoms with Crippen LogP contribution in [-0.2, 0) is 5.41 Å². The second kappa shape index (κ2) is 6.18. The molecule has 1 saturated carbocycles. The second-order valence-corrected chi connectivity index (χ2v) is 7.13. The zero-order valence-electron chi connectivity index (χ0n) is 13.6. The van der Waals surface area contributed by atoms with Gasteiger partial charge in [-0.1, -0.05) is 33.6 Å². The molecular formula is C16H28N4O. The van der Waals surface area contributed by atoms with Crippen molar-refractivity contribution in [2.75, 3.05) is 17.7 Å². The molecule has 0 bridgehead atoms. The van der Waals surface area contributed by atoms with Crippen molar-refractivity contribution in [3.8, 4) is 0 Å². The molecule has 1 fully saturated rings. The Hall–Kier alpha value is -1.36. The number of nitrogens with two attached hydrogens (primary N) is 1. The molecule has 0 aliphatic heterocycles. The van der Waals surface area contributed by atoms with E-state index in [9.17, 15) is 5.11 Å². The standard InChI is InChI=1S/C16H28N4O/c1-10-13(17)19-15(16(2,3)4)20-14(10)18-12-8-6-5-7-11(12)9-21/h11-12,21H,5-9H2,1-4H3,(H3,17,18,19,20). The Morgan fingerprint density at radius 1 is 1.24 bits per heavy atom. The summed E-state index contributed by atoms with van der Waals surface area (Å²) in [5, 5.41) is 13.1. The fourth-order valence-electron chi connectivity index (χ4n) is 2.80. The van der Waals surface area contributed by atoms with Crippen LogP contribution in [0.2, 0.25) is 0 Å². The van der Waals surface area contributed by atoms with Crippen LogP contribution in [-0.4, -0.2) is 27.7 Å². The molecule has 21 heavy (non-hydrogen) atoms. The molecule has 5 heteroatoms. The van der Waals surface area contributed by atoms with Gasteiger partial charge in [-0.25, -0.2) is 9.97 Å². The Labute approximate surface area is 127 Å². The van der Waals surface area contributed by atoms with Crippen molar-refractivity contribution in [1.29, 1.82) is 0 Å². The lowest BCUT2D eigenvalue weighted by molar-refractivity contribution is 0.178. The molecule has 2 atom stereocenters. The highest BCUT2D eigenvalue weighted by Gasteiger charge is 2.26. The summed E-state index contributed by atoms with van der Waals surface area (Å²) in [4.78, 5) is 9.10. The predicted octanol–water partition coefficient (Wildman–Crippen LogP) is 2.63.